The highest BCUT2D eigenvalue weighted by atomic mass is 35.5. The molecule has 1 N–H and O–H groups in total. The molecule has 0 spiro atoms. The molecule has 2 aromatic rings. The molecule has 0 aliphatic rings. The van der Waals surface area contributed by atoms with Crippen LogP contribution in [0.5, 0.6) is 11.5 Å². The Bertz CT molecular complexity index is 531. The van der Waals surface area contributed by atoms with E-state index in [4.69, 9.17) is 14.0 Å². The second kappa shape index (κ2) is 6.96. The van der Waals surface area contributed by atoms with Crippen LogP contribution in [0.25, 0.3) is 11.4 Å². The molecule has 6 nitrogen and oxygen atoms in total. The summed E-state index contributed by atoms with van der Waals surface area (Å²) in [7, 11) is 5.00. The summed E-state index contributed by atoms with van der Waals surface area (Å²) in [4.78, 5) is 4.26. The number of aromatic nitrogens is 2. The average Bonchev–Trinajstić information content (AvgIpc) is 2.87. The Morgan fingerprint density at radius 3 is 2.58 bits per heavy atom. The van der Waals surface area contributed by atoms with Gasteiger partial charge in [-0.2, -0.15) is 4.98 Å². The number of hydrogen-bond donors (Lipinski definition) is 1. The fraction of sp³-hybridized carbons (Fsp3) is 0.333. The molecule has 0 saturated heterocycles. The minimum atomic E-state index is 0. The van der Waals surface area contributed by atoms with Crippen molar-refractivity contribution in [2.75, 3.05) is 21.3 Å². The van der Waals surface area contributed by atoms with E-state index < -0.39 is 0 Å². The summed E-state index contributed by atoms with van der Waals surface area (Å²) in [5.41, 5.74) is 0.818. The maximum Gasteiger partial charge on any atom is 0.240 e. The minimum Gasteiger partial charge on any atom is -0.493 e. The number of benzene rings is 1. The Morgan fingerprint density at radius 2 is 1.95 bits per heavy atom. The smallest absolute Gasteiger partial charge is 0.240 e. The molecule has 0 amide bonds. The second-order valence-corrected chi connectivity index (χ2v) is 3.61. The quantitative estimate of drug-likeness (QED) is 0.905. The molecule has 0 saturated carbocycles. The summed E-state index contributed by atoms with van der Waals surface area (Å²) < 4.78 is 15.5. The third-order valence-corrected chi connectivity index (χ3v) is 2.44. The molecule has 0 unspecified atom stereocenters. The van der Waals surface area contributed by atoms with E-state index in [1.165, 1.54) is 0 Å². The van der Waals surface area contributed by atoms with Gasteiger partial charge in [0.1, 0.15) is 0 Å². The fourth-order valence-electron chi connectivity index (χ4n) is 1.57. The molecule has 0 bridgehead atoms. The van der Waals surface area contributed by atoms with Crippen LogP contribution in [0.3, 0.4) is 0 Å². The van der Waals surface area contributed by atoms with Crippen LogP contribution in [-0.4, -0.2) is 31.4 Å². The molecule has 19 heavy (non-hydrogen) atoms. The standard InChI is InChI=1S/C12H15N3O3.ClH/c1-13-7-11-14-12(15-18-11)8-4-5-9(16-2)10(6-8)17-3;/h4-6,13H,7H2,1-3H3;1H. The molecule has 7 heteroatoms. The molecule has 1 aromatic carbocycles. The van der Waals surface area contributed by atoms with Crippen LogP contribution >= 0.6 is 12.4 Å². The van der Waals surface area contributed by atoms with Gasteiger partial charge < -0.3 is 19.3 Å². The van der Waals surface area contributed by atoms with Crippen LogP contribution in [0.2, 0.25) is 0 Å². The summed E-state index contributed by atoms with van der Waals surface area (Å²) in [5.74, 6) is 2.37. The lowest BCUT2D eigenvalue weighted by Crippen LogP contribution is -2.04. The highest BCUT2D eigenvalue weighted by molar-refractivity contribution is 5.85. The van der Waals surface area contributed by atoms with Crippen molar-refractivity contribution in [3.05, 3.63) is 24.1 Å². The third-order valence-electron chi connectivity index (χ3n) is 2.44. The van der Waals surface area contributed by atoms with Crippen molar-refractivity contribution in [2.24, 2.45) is 0 Å². The lowest BCUT2D eigenvalue weighted by molar-refractivity contribution is 0.355. The Kier molecular flexibility index (Phi) is 5.59. The molecular formula is C12H16ClN3O3. The number of methoxy groups -OCH3 is 2. The van der Waals surface area contributed by atoms with E-state index in [0.717, 1.165) is 5.56 Å². The highest BCUT2D eigenvalue weighted by Gasteiger charge is 2.11. The van der Waals surface area contributed by atoms with Gasteiger partial charge in [0.05, 0.1) is 20.8 Å². The van der Waals surface area contributed by atoms with Crippen LogP contribution in [0.1, 0.15) is 5.89 Å². The Balaban J connectivity index is 0.00000180. The van der Waals surface area contributed by atoms with E-state index in [9.17, 15) is 0 Å². The number of rotatable bonds is 5. The Morgan fingerprint density at radius 1 is 1.21 bits per heavy atom. The predicted molar refractivity (Wildman–Crippen MR) is 72.8 cm³/mol. The Labute approximate surface area is 117 Å². The monoisotopic (exact) mass is 285 g/mol. The van der Waals surface area contributed by atoms with E-state index in [1.54, 1.807) is 14.2 Å². The van der Waals surface area contributed by atoms with Crippen molar-refractivity contribution in [1.82, 2.24) is 15.5 Å². The van der Waals surface area contributed by atoms with Crippen LogP contribution in [0.4, 0.5) is 0 Å². The minimum absolute atomic E-state index is 0. The lowest BCUT2D eigenvalue weighted by Gasteiger charge is -2.07. The van der Waals surface area contributed by atoms with Crippen molar-refractivity contribution in [2.45, 2.75) is 6.54 Å². The zero-order chi connectivity index (χ0) is 13.0. The van der Waals surface area contributed by atoms with E-state index in [-0.39, 0.29) is 12.4 Å². The molecule has 0 aliphatic heterocycles. The molecule has 0 aliphatic carbocycles. The van der Waals surface area contributed by atoms with E-state index in [0.29, 0.717) is 29.8 Å². The number of halogens is 1. The molecule has 0 fully saturated rings. The van der Waals surface area contributed by atoms with Crippen molar-refractivity contribution < 1.29 is 14.0 Å². The second-order valence-electron chi connectivity index (χ2n) is 3.61. The van der Waals surface area contributed by atoms with Crippen molar-refractivity contribution in [3.8, 4) is 22.9 Å². The first-order chi connectivity index (χ1) is 8.78. The molecular weight excluding hydrogens is 270 g/mol. The Hall–Kier alpha value is -1.79. The van der Waals surface area contributed by atoms with Crippen molar-refractivity contribution in [1.29, 1.82) is 0 Å². The van der Waals surface area contributed by atoms with Gasteiger partial charge in [-0.15, -0.1) is 12.4 Å². The number of nitrogens with zero attached hydrogens (tertiary/aromatic N) is 2. The number of ether oxygens (including phenoxy) is 2. The van der Waals surface area contributed by atoms with Gasteiger partial charge in [-0.25, -0.2) is 0 Å². The van der Waals surface area contributed by atoms with Gasteiger partial charge in [0.25, 0.3) is 0 Å². The van der Waals surface area contributed by atoms with Gasteiger partial charge in [0.2, 0.25) is 11.7 Å². The SMILES string of the molecule is CNCc1nc(-c2ccc(OC)c(OC)c2)no1.Cl. The molecule has 0 atom stereocenters. The summed E-state index contributed by atoms with van der Waals surface area (Å²) >= 11 is 0. The topological polar surface area (TPSA) is 69.4 Å². The number of hydrogen-bond acceptors (Lipinski definition) is 6. The first-order valence-electron chi connectivity index (χ1n) is 5.48. The van der Waals surface area contributed by atoms with Gasteiger partial charge in [-0.1, -0.05) is 5.16 Å². The van der Waals surface area contributed by atoms with Crippen LogP contribution in [-0.2, 0) is 6.54 Å². The van der Waals surface area contributed by atoms with Crippen LogP contribution < -0.4 is 14.8 Å². The number of nitrogens with one attached hydrogen (secondary N) is 1. The zero-order valence-corrected chi connectivity index (χ0v) is 11.8. The highest BCUT2D eigenvalue weighted by Crippen LogP contribution is 2.31. The first-order valence-corrected chi connectivity index (χ1v) is 5.48. The van der Waals surface area contributed by atoms with E-state index in [1.807, 2.05) is 25.2 Å². The zero-order valence-electron chi connectivity index (χ0n) is 11.0. The van der Waals surface area contributed by atoms with Gasteiger partial charge in [-0.3, -0.25) is 0 Å². The third kappa shape index (κ3) is 3.36. The van der Waals surface area contributed by atoms with Crippen molar-refractivity contribution >= 4 is 12.4 Å². The van der Waals surface area contributed by atoms with E-state index >= 15 is 0 Å². The summed E-state index contributed by atoms with van der Waals surface area (Å²) in [6, 6.07) is 5.48. The maximum absolute atomic E-state index is 5.23. The lowest BCUT2D eigenvalue weighted by atomic mass is 10.2. The van der Waals surface area contributed by atoms with Crippen molar-refractivity contribution in [3.63, 3.8) is 0 Å². The van der Waals surface area contributed by atoms with E-state index in [2.05, 4.69) is 15.5 Å². The fourth-order valence-corrected chi connectivity index (χ4v) is 1.57. The normalized spacial score (nSPS) is 9.84. The first kappa shape index (κ1) is 15.3. The summed E-state index contributed by atoms with van der Waals surface area (Å²) in [6.45, 7) is 0.542. The molecule has 2 rings (SSSR count). The summed E-state index contributed by atoms with van der Waals surface area (Å²) in [6.07, 6.45) is 0. The maximum atomic E-state index is 5.23. The molecule has 1 heterocycles. The molecule has 1 aromatic heterocycles. The van der Waals surface area contributed by atoms with Gasteiger partial charge in [0, 0.05) is 5.56 Å². The molecule has 104 valence electrons. The van der Waals surface area contributed by atoms with Gasteiger partial charge in [0.15, 0.2) is 11.5 Å². The van der Waals surface area contributed by atoms with Crippen LogP contribution in [0.15, 0.2) is 22.7 Å². The average molecular weight is 286 g/mol. The summed E-state index contributed by atoms with van der Waals surface area (Å²) in [5, 5.41) is 6.86. The van der Waals surface area contributed by atoms with Gasteiger partial charge in [-0.05, 0) is 25.2 Å². The van der Waals surface area contributed by atoms with Gasteiger partial charge >= 0.3 is 0 Å². The van der Waals surface area contributed by atoms with Crippen LogP contribution in [0, 0.1) is 0 Å². The predicted octanol–water partition coefficient (Wildman–Crippen LogP) is 1.90. The largest absolute Gasteiger partial charge is 0.493 e. The molecule has 0 radical (unpaired) electrons.